The summed E-state index contributed by atoms with van der Waals surface area (Å²) in [4.78, 5) is 19.4. The second kappa shape index (κ2) is 11.7. The quantitative estimate of drug-likeness (QED) is 0.107. The van der Waals surface area contributed by atoms with Crippen molar-refractivity contribution in [2.24, 2.45) is 0 Å². The molecule has 7 nitrogen and oxygen atoms in total. The van der Waals surface area contributed by atoms with Gasteiger partial charge in [-0.25, -0.2) is 0 Å². The molecule has 210 valence electrons. The van der Waals surface area contributed by atoms with Crippen molar-refractivity contribution in [1.82, 2.24) is 14.9 Å². The SMILES string of the molecule is Cc1cc(C2C(c3ccccn3)NC(=S)N2c2ccc(Sc3ccc([N+](=O)[O-])cc3)cc2)c(C)n1-c1ccccc1Br. The lowest BCUT2D eigenvalue weighted by Crippen LogP contribution is -2.29. The largest absolute Gasteiger partial charge is 0.351 e. The number of thiocarbonyl (C=S) groups is 1. The van der Waals surface area contributed by atoms with E-state index in [2.05, 4.69) is 87.0 Å². The van der Waals surface area contributed by atoms with E-state index in [9.17, 15) is 10.1 Å². The van der Waals surface area contributed by atoms with Crippen LogP contribution in [-0.2, 0) is 0 Å². The Morgan fingerprint density at radius 1 is 0.952 bits per heavy atom. The average molecular weight is 657 g/mol. The fourth-order valence-electron chi connectivity index (χ4n) is 5.49. The smallest absolute Gasteiger partial charge is 0.269 e. The first-order chi connectivity index (χ1) is 20.3. The van der Waals surface area contributed by atoms with Crippen LogP contribution in [0.5, 0.6) is 0 Å². The number of nitro groups is 1. The normalized spacial score (nSPS) is 16.5. The molecule has 0 radical (unpaired) electrons. The molecule has 2 atom stereocenters. The van der Waals surface area contributed by atoms with Crippen molar-refractivity contribution in [3.8, 4) is 5.69 Å². The van der Waals surface area contributed by atoms with Crippen molar-refractivity contribution in [3.63, 3.8) is 0 Å². The summed E-state index contributed by atoms with van der Waals surface area (Å²) in [5.74, 6) is 0. The van der Waals surface area contributed by atoms with Gasteiger partial charge in [-0.1, -0.05) is 30.0 Å². The molecule has 6 rings (SSSR count). The van der Waals surface area contributed by atoms with E-state index in [-0.39, 0.29) is 22.7 Å². The predicted molar refractivity (Wildman–Crippen MR) is 175 cm³/mol. The maximum atomic E-state index is 11.0. The summed E-state index contributed by atoms with van der Waals surface area (Å²) in [5.41, 5.74) is 6.47. The van der Waals surface area contributed by atoms with Crippen LogP contribution in [0.25, 0.3) is 5.69 Å². The minimum atomic E-state index is -0.388. The highest BCUT2D eigenvalue weighted by Crippen LogP contribution is 2.44. The summed E-state index contributed by atoms with van der Waals surface area (Å²) in [5, 5.41) is 15.2. The first kappa shape index (κ1) is 28.1. The number of para-hydroxylation sites is 1. The molecule has 0 aliphatic carbocycles. The number of nitrogens with zero attached hydrogens (tertiary/aromatic N) is 4. The van der Waals surface area contributed by atoms with E-state index in [1.165, 1.54) is 12.1 Å². The van der Waals surface area contributed by atoms with Gasteiger partial charge in [0.15, 0.2) is 5.11 Å². The summed E-state index contributed by atoms with van der Waals surface area (Å²) in [6.45, 7) is 4.28. The molecular weight excluding hydrogens is 630 g/mol. The molecule has 3 heterocycles. The molecule has 1 aliphatic heterocycles. The van der Waals surface area contributed by atoms with Gasteiger partial charge in [0.2, 0.25) is 0 Å². The highest BCUT2D eigenvalue weighted by atomic mass is 79.9. The Labute approximate surface area is 261 Å². The number of pyridine rings is 1. The summed E-state index contributed by atoms with van der Waals surface area (Å²) in [6.07, 6.45) is 1.81. The molecule has 2 aromatic heterocycles. The molecule has 42 heavy (non-hydrogen) atoms. The average Bonchev–Trinajstić information content (AvgIpc) is 3.49. The first-order valence-electron chi connectivity index (χ1n) is 13.3. The third-order valence-corrected chi connectivity index (χ3v) is 9.38. The number of rotatable bonds is 7. The minimum absolute atomic E-state index is 0.0808. The zero-order chi connectivity index (χ0) is 29.4. The molecule has 1 saturated heterocycles. The lowest BCUT2D eigenvalue weighted by atomic mass is 9.96. The van der Waals surface area contributed by atoms with Crippen molar-refractivity contribution in [1.29, 1.82) is 0 Å². The molecule has 0 bridgehead atoms. The van der Waals surface area contributed by atoms with Gasteiger partial charge in [-0.15, -0.1) is 0 Å². The van der Waals surface area contributed by atoms with E-state index in [4.69, 9.17) is 17.2 Å². The summed E-state index contributed by atoms with van der Waals surface area (Å²) >= 11 is 11.2. The Balaban J connectivity index is 1.38. The Kier molecular flexibility index (Phi) is 7.85. The second-order valence-electron chi connectivity index (χ2n) is 9.96. The number of halogens is 1. The minimum Gasteiger partial charge on any atom is -0.351 e. The maximum Gasteiger partial charge on any atom is 0.269 e. The fourth-order valence-corrected chi connectivity index (χ4v) is 7.11. The lowest BCUT2D eigenvalue weighted by Gasteiger charge is -2.28. The van der Waals surface area contributed by atoms with Gasteiger partial charge in [-0.2, -0.15) is 0 Å². The number of nitro benzene ring substituents is 1. The van der Waals surface area contributed by atoms with E-state index in [0.717, 1.165) is 48.3 Å². The van der Waals surface area contributed by atoms with Crippen molar-refractivity contribution >= 4 is 56.4 Å². The number of nitrogens with one attached hydrogen (secondary N) is 1. The van der Waals surface area contributed by atoms with Gasteiger partial charge in [0.1, 0.15) is 0 Å². The second-order valence-corrected chi connectivity index (χ2v) is 12.3. The zero-order valence-corrected chi connectivity index (χ0v) is 26.0. The Morgan fingerprint density at radius 2 is 1.62 bits per heavy atom. The molecule has 1 fully saturated rings. The fraction of sp³-hybridized carbons (Fsp3) is 0.125. The molecule has 1 N–H and O–H groups in total. The van der Waals surface area contributed by atoms with E-state index < -0.39 is 0 Å². The van der Waals surface area contributed by atoms with Gasteiger partial charge in [-0.05, 0) is 114 Å². The summed E-state index contributed by atoms with van der Waals surface area (Å²) in [7, 11) is 0. The van der Waals surface area contributed by atoms with Crippen LogP contribution in [0.2, 0.25) is 0 Å². The number of anilines is 1. The highest BCUT2D eigenvalue weighted by Gasteiger charge is 2.42. The van der Waals surface area contributed by atoms with Crippen LogP contribution in [0.1, 0.15) is 34.7 Å². The third kappa shape index (κ3) is 5.33. The third-order valence-electron chi connectivity index (χ3n) is 7.38. The number of hydrogen-bond acceptors (Lipinski definition) is 5. The molecule has 10 heteroatoms. The van der Waals surface area contributed by atoms with Crippen LogP contribution >= 0.6 is 39.9 Å². The van der Waals surface area contributed by atoms with Gasteiger partial charge in [0, 0.05) is 49.7 Å². The monoisotopic (exact) mass is 655 g/mol. The first-order valence-corrected chi connectivity index (χ1v) is 15.3. The molecule has 1 aliphatic rings. The lowest BCUT2D eigenvalue weighted by molar-refractivity contribution is -0.384. The van der Waals surface area contributed by atoms with Crippen LogP contribution in [0, 0.1) is 24.0 Å². The zero-order valence-electron chi connectivity index (χ0n) is 22.8. The molecule has 0 spiro atoms. The summed E-state index contributed by atoms with van der Waals surface area (Å²) in [6, 6.07) is 31.0. The Morgan fingerprint density at radius 3 is 2.26 bits per heavy atom. The van der Waals surface area contributed by atoms with Crippen molar-refractivity contribution < 1.29 is 4.92 Å². The van der Waals surface area contributed by atoms with Crippen molar-refractivity contribution in [2.75, 3.05) is 4.90 Å². The molecule has 5 aromatic rings. The number of hydrogen-bond donors (Lipinski definition) is 1. The Hall–Kier alpha value is -3.99. The van der Waals surface area contributed by atoms with Gasteiger partial charge in [0.25, 0.3) is 5.69 Å². The van der Waals surface area contributed by atoms with E-state index >= 15 is 0 Å². The highest BCUT2D eigenvalue weighted by molar-refractivity contribution is 9.10. The van der Waals surface area contributed by atoms with E-state index in [1.54, 1.807) is 23.9 Å². The molecule has 0 saturated carbocycles. The van der Waals surface area contributed by atoms with E-state index in [1.807, 2.05) is 36.5 Å². The number of aryl methyl sites for hydroxylation is 1. The molecule has 2 unspecified atom stereocenters. The standard InChI is InChI=1S/C32H26BrN5O2S2/c1-20-19-26(21(2)36(20)29-9-4-3-7-27(29)33)31-30(28-8-5-6-18-34-28)35-32(41)37(31)22-10-14-24(15-11-22)42-25-16-12-23(13-17-25)38(39)40/h3-19,30-31H,1-2H3,(H,35,41). The number of aromatic nitrogens is 2. The topological polar surface area (TPSA) is 76.2 Å². The van der Waals surface area contributed by atoms with Crippen LogP contribution < -0.4 is 10.2 Å². The molecular formula is C32H26BrN5O2S2. The van der Waals surface area contributed by atoms with Crippen molar-refractivity contribution in [3.05, 3.63) is 140 Å². The van der Waals surface area contributed by atoms with Crippen molar-refractivity contribution in [2.45, 2.75) is 35.7 Å². The van der Waals surface area contributed by atoms with Gasteiger partial charge < -0.3 is 14.8 Å². The van der Waals surface area contributed by atoms with Crippen LogP contribution in [0.15, 0.2) is 118 Å². The van der Waals surface area contributed by atoms with Gasteiger partial charge in [0.05, 0.1) is 28.4 Å². The summed E-state index contributed by atoms with van der Waals surface area (Å²) < 4.78 is 3.30. The van der Waals surface area contributed by atoms with Crippen LogP contribution in [0.4, 0.5) is 11.4 Å². The van der Waals surface area contributed by atoms with E-state index in [0.29, 0.717) is 5.11 Å². The Bertz CT molecular complexity index is 1780. The van der Waals surface area contributed by atoms with Gasteiger partial charge >= 0.3 is 0 Å². The predicted octanol–water partition coefficient (Wildman–Crippen LogP) is 8.49. The van der Waals surface area contributed by atoms with Crippen LogP contribution in [-0.4, -0.2) is 19.6 Å². The number of benzene rings is 3. The molecule has 0 amide bonds. The van der Waals surface area contributed by atoms with Crippen LogP contribution in [0.3, 0.4) is 0 Å². The maximum absolute atomic E-state index is 11.0. The number of non-ortho nitro benzene ring substituents is 1. The van der Waals surface area contributed by atoms with Gasteiger partial charge in [-0.3, -0.25) is 15.1 Å². The molecule has 3 aromatic carbocycles.